The van der Waals surface area contributed by atoms with Crippen molar-refractivity contribution in [3.05, 3.63) is 59.7 Å². The molecule has 1 unspecified atom stereocenters. The van der Waals surface area contributed by atoms with Crippen molar-refractivity contribution < 1.29 is 41.4 Å². The lowest BCUT2D eigenvalue weighted by molar-refractivity contribution is -0.143. The number of amides is 1. The normalized spacial score (nSPS) is 15.5. The Morgan fingerprint density at radius 3 is 2.45 bits per heavy atom. The first-order valence-electron chi connectivity index (χ1n) is 9.01. The topological polar surface area (TPSA) is 65.1 Å². The predicted octanol–water partition coefficient (Wildman–Crippen LogP) is 4.03. The highest BCUT2D eigenvalue weighted by Crippen LogP contribution is 2.33. The number of benzene rings is 2. The molecule has 0 saturated carbocycles. The molecule has 3 rings (SSSR count). The van der Waals surface area contributed by atoms with Gasteiger partial charge in [-0.25, -0.2) is 4.79 Å². The van der Waals surface area contributed by atoms with Crippen LogP contribution in [0.3, 0.4) is 0 Å². The van der Waals surface area contributed by atoms with Gasteiger partial charge in [0.15, 0.2) is 0 Å². The van der Waals surface area contributed by atoms with E-state index in [1.807, 2.05) is 0 Å². The van der Waals surface area contributed by atoms with Crippen LogP contribution < -0.4 is 14.4 Å². The summed E-state index contributed by atoms with van der Waals surface area (Å²) in [5.41, 5.74) is 1.32. The van der Waals surface area contributed by atoms with Crippen LogP contribution in [-0.4, -0.2) is 38.3 Å². The number of carbonyl (C=O) groups excluding carboxylic acids is 2. The molecule has 0 spiro atoms. The maximum atomic E-state index is 12.9. The molecule has 0 N–H and O–H groups in total. The quantitative estimate of drug-likeness (QED) is 0.370. The first-order chi connectivity index (χ1) is 14.8. The third-order valence-corrected chi connectivity index (χ3v) is 4.52. The van der Waals surface area contributed by atoms with Gasteiger partial charge in [0.2, 0.25) is 0 Å². The molecular formula is C21H17F4NO5. The lowest BCUT2D eigenvalue weighted by Crippen LogP contribution is -2.42. The van der Waals surface area contributed by atoms with Crippen LogP contribution >= 0.6 is 0 Å². The molecule has 0 radical (unpaired) electrons. The number of para-hydroxylation sites is 1. The fraction of sp³-hybridized carbons (Fsp3) is 0.238. The molecule has 0 fully saturated rings. The number of alkyl halides is 4. The van der Waals surface area contributed by atoms with Gasteiger partial charge in [0.05, 0.1) is 7.11 Å². The third-order valence-electron chi connectivity index (χ3n) is 4.52. The number of ether oxygens (including phenoxy) is 3. The average molecular weight is 439 g/mol. The number of rotatable bonds is 7. The predicted molar refractivity (Wildman–Crippen MR) is 102 cm³/mol. The monoisotopic (exact) mass is 439 g/mol. The van der Waals surface area contributed by atoms with Crippen molar-refractivity contribution in [3.63, 3.8) is 0 Å². The van der Waals surface area contributed by atoms with Crippen LogP contribution in [0, 0.1) is 0 Å². The number of carbonyl (C=O) groups is 2. The second-order valence-electron chi connectivity index (χ2n) is 6.37. The summed E-state index contributed by atoms with van der Waals surface area (Å²) < 4.78 is 63.5. The summed E-state index contributed by atoms with van der Waals surface area (Å²) in [6.07, 6.45) is 2.52. The maximum absolute atomic E-state index is 12.9. The number of esters is 1. The fourth-order valence-corrected chi connectivity index (χ4v) is 3.25. The molecular weight excluding hydrogens is 422 g/mol. The summed E-state index contributed by atoms with van der Waals surface area (Å²) in [4.78, 5) is 26.3. The zero-order chi connectivity index (χ0) is 22.5. The zero-order valence-corrected chi connectivity index (χ0v) is 16.1. The fourth-order valence-electron chi connectivity index (χ4n) is 3.25. The number of anilines is 1. The third kappa shape index (κ3) is 5.14. The molecule has 0 saturated heterocycles. The van der Waals surface area contributed by atoms with Gasteiger partial charge < -0.3 is 14.2 Å². The number of halogens is 4. The van der Waals surface area contributed by atoms with Gasteiger partial charge in [-0.05, 0) is 29.8 Å². The van der Waals surface area contributed by atoms with Crippen molar-refractivity contribution in [1.82, 2.24) is 0 Å². The molecule has 0 bridgehead atoms. The van der Waals surface area contributed by atoms with Crippen molar-refractivity contribution in [1.29, 1.82) is 0 Å². The van der Waals surface area contributed by atoms with E-state index in [9.17, 15) is 27.2 Å². The van der Waals surface area contributed by atoms with E-state index in [4.69, 9.17) is 4.74 Å². The Morgan fingerprint density at radius 2 is 1.77 bits per heavy atom. The molecule has 164 valence electrons. The van der Waals surface area contributed by atoms with E-state index in [1.165, 1.54) is 24.2 Å². The number of nitrogens with zero attached hydrogens (tertiary/aromatic N) is 1. The lowest BCUT2D eigenvalue weighted by Gasteiger charge is -2.22. The van der Waals surface area contributed by atoms with Crippen LogP contribution in [0.1, 0.15) is 11.1 Å². The molecule has 2 aromatic carbocycles. The van der Waals surface area contributed by atoms with Crippen molar-refractivity contribution in [3.8, 4) is 11.5 Å². The van der Waals surface area contributed by atoms with Gasteiger partial charge >= 0.3 is 19.2 Å². The highest BCUT2D eigenvalue weighted by Gasteiger charge is 2.38. The van der Waals surface area contributed by atoms with E-state index in [2.05, 4.69) is 9.47 Å². The molecule has 1 aliphatic rings. The van der Waals surface area contributed by atoms with Gasteiger partial charge in [0.25, 0.3) is 5.91 Å². The summed E-state index contributed by atoms with van der Waals surface area (Å²) in [5.74, 6) is -2.04. The van der Waals surface area contributed by atoms with Crippen LogP contribution in [0.2, 0.25) is 0 Å². The van der Waals surface area contributed by atoms with Gasteiger partial charge in [-0.15, -0.1) is 0 Å². The summed E-state index contributed by atoms with van der Waals surface area (Å²) in [7, 11) is 1.21. The van der Waals surface area contributed by atoms with E-state index >= 15 is 0 Å². The Bertz CT molecular complexity index is 995. The minimum absolute atomic E-state index is 0.0253. The Balaban J connectivity index is 1.89. The number of fused-ring (bicyclic) bond motifs is 1. The molecule has 1 heterocycles. The molecule has 1 amide bonds. The molecule has 6 nitrogen and oxygen atoms in total. The van der Waals surface area contributed by atoms with Crippen LogP contribution in [0.5, 0.6) is 11.5 Å². The Labute approximate surface area is 174 Å². The summed E-state index contributed by atoms with van der Waals surface area (Å²) in [6, 6.07) is 9.23. The molecule has 0 aliphatic carbocycles. The van der Waals surface area contributed by atoms with Gasteiger partial charge in [0, 0.05) is 29.8 Å². The number of hydrogen-bond donors (Lipinski definition) is 0. The van der Waals surface area contributed by atoms with Crippen LogP contribution in [0.4, 0.5) is 23.2 Å². The minimum atomic E-state index is -3.22. The van der Waals surface area contributed by atoms with E-state index < -0.39 is 36.9 Å². The van der Waals surface area contributed by atoms with Gasteiger partial charge in [-0.1, -0.05) is 18.2 Å². The van der Waals surface area contributed by atoms with Gasteiger partial charge in [0.1, 0.15) is 17.5 Å². The summed E-state index contributed by atoms with van der Waals surface area (Å²) in [6.45, 7) is -6.37. The Morgan fingerprint density at radius 1 is 1.06 bits per heavy atom. The van der Waals surface area contributed by atoms with Gasteiger partial charge in [-0.2, -0.15) is 17.6 Å². The van der Waals surface area contributed by atoms with Crippen molar-refractivity contribution in [2.24, 2.45) is 0 Å². The average Bonchev–Trinajstić information content (AvgIpc) is 3.11. The number of methoxy groups -OCH3 is 1. The lowest BCUT2D eigenvalue weighted by atomic mass is 10.1. The smallest absolute Gasteiger partial charge is 0.387 e. The SMILES string of the molecule is COC(=O)C1Cc2ccccc2N1C(=O)/C=C/c1ccc(OC(F)F)cc1OC(F)F. The Hall–Kier alpha value is -3.56. The zero-order valence-electron chi connectivity index (χ0n) is 16.1. The van der Waals surface area contributed by atoms with E-state index in [0.717, 1.165) is 23.8 Å². The molecule has 1 atom stereocenters. The van der Waals surface area contributed by atoms with Crippen LogP contribution in [-0.2, 0) is 20.7 Å². The molecule has 10 heteroatoms. The summed E-state index contributed by atoms with van der Waals surface area (Å²) >= 11 is 0. The Kier molecular flexibility index (Phi) is 6.78. The highest BCUT2D eigenvalue weighted by atomic mass is 19.3. The standard InChI is InChI=1S/C21H17F4NO5/c1-29-19(28)16-10-13-4-2-3-5-15(13)26(16)18(27)9-7-12-6-8-14(30-20(22)23)11-17(12)31-21(24)25/h2-9,11,16,20-21H,10H2,1H3/b9-7+. The molecule has 31 heavy (non-hydrogen) atoms. The van der Waals surface area contributed by atoms with Crippen molar-refractivity contribution in [2.75, 3.05) is 12.0 Å². The first kappa shape index (κ1) is 22.1. The van der Waals surface area contributed by atoms with E-state index in [1.54, 1.807) is 24.3 Å². The second-order valence-corrected chi connectivity index (χ2v) is 6.37. The molecule has 0 aromatic heterocycles. The summed E-state index contributed by atoms with van der Waals surface area (Å²) in [5, 5.41) is 0. The van der Waals surface area contributed by atoms with Crippen LogP contribution in [0.25, 0.3) is 6.08 Å². The second kappa shape index (κ2) is 9.50. The highest BCUT2D eigenvalue weighted by molar-refractivity contribution is 6.09. The largest absolute Gasteiger partial charge is 0.467 e. The van der Waals surface area contributed by atoms with Crippen molar-refractivity contribution in [2.45, 2.75) is 25.7 Å². The van der Waals surface area contributed by atoms with Crippen molar-refractivity contribution >= 4 is 23.6 Å². The number of hydrogen-bond acceptors (Lipinski definition) is 5. The first-order valence-corrected chi connectivity index (χ1v) is 9.01. The van der Waals surface area contributed by atoms with Crippen LogP contribution in [0.15, 0.2) is 48.5 Å². The van der Waals surface area contributed by atoms with Gasteiger partial charge in [-0.3, -0.25) is 9.69 Å². The molecule has 1 aliphatic heterocycles. The molecule has 2 aromatic rings. The van der Waals surface area contributed by atoms with E-state index in [-0.39, 0.29) is 17.7 Å². The van der Waals surface area contributed by atoms with E-state index in [0.29, 0.717) is 5.69 Å². The minimum Gasteiger partial charge on any atom is -0.467 e. The maximum Gasteiger partial charge on any atom is 0.387 e.